The zero-order valence-corrected chi connectivity index (χ0v) is 11.8. The molecule has 5 nitrogen and oxygen atoms in total. The summed E-state index contributed by atoms with van der Waals surface area (Å²) in [6, 6.07) is 7.60. The second-order valence-corrected chi connectivity index (χ2v) is 5.18. The van der Waals surface area contributed by atoms with E-state index in [0.29, 0.717) is 18.8 Å². The lowest BCUT2D eigenvalue weighted by atomic mass is 10.1. The van der Waals surface area contributed by atoms with Gasteiger partial charge in [-0.2, -0.15) is 5.10 Å². The number of anilines is 1. The number of hydrogen-bond donors (Lipinski definition) is 1. The number of hydrogen-bond acceptors (Lipinski definition) is 3. The van der Waals surface area contributed by atoms with E-state index in [0.717, 1.165) is 28.9 Å². The molecule has 0 saturated carbocycles. The number of benzene rings is 1. The predicted octanol–water partition coefficient (Wildman–Crippen LogP) is 1.72. The molecule has 2 aromatic rings. The van der Waals surface area contributed by atoms with Crippen LogP contribution in [-0.2, 0) is 26.6 Å². The van der Waals surface area contributed by atoms with Gasteiger partial charge in [0.2, 0.25) is 0 Å². The number of amides is 1. The molecule has 2 heterocycles. The van der Waals surface area contributed by atoms with Crippen LogP contribution >= 0.6 is 0 Å². The number of nitrogen functional groups attached to an aromatic ring is 1. The van der Waals surface area contributed by atoms with Gasteiger partial charge in [0.15, 0.2) is 0 Å². The van der Waals surface area contributed by atoms with Gasteiger partial charge in [-0.15, -0.1) is 0 Å². The average Bonchev–Trinajstić information content (AvgIpc) is 2.93. The molecule has 1 aromatic heterocycles. The van der Waals surface area contributed by atoms with Gasteiger partial charge in [-0.3, -0.25) is 9.48 Å². The molecule has 0 unspecified atom stereocenters. The standard InChI is InChI=1S/C15H18N4O/c1-3-12-7-13(18(2)17-12)9-19-8-10-4-5-11(16)6-14(10)15(19)20/h4-7H,3,8-9,16H2,1-2H3. The Balaban J connectivity index is 1.84. The molecule has 0 spiro atoms. The highest BCUT2D eigenvalue weighted by atomic mass is 16.2. The quantitative estimate of drug-likeness (QED) is 0.864. The molecule has 1 aliphatic rings. The first kappa shape index (κ1) is 12.7. The molecule has 0 radical (unpaired) electrons. The number of carbonyl (C=O) groups is 1. The fraction of sp³-hybridized carbons (Fsp3) is 0.333. The number of fused-ring (bicyclic) bond motifs is 1. The van der Waals surface area contributed by atoms with Gasteiger partial charge >= 0.3 is 0 Å². The largest absolute Gasteiger partial charge is 0.399 e. The molecular formula is C15H18N4O. The van der Waals surface area contributed by atoms with Crippen molar-refractivity contribution in [3.8, 4) is 0 Å². The third kappa shape index (κ3) is 2.05. The van der Waals surface area contributed by atoms with Gasteiger partial charge in [0.1, 0.15) is 0 Å². The molecule has 0 atom stereocenters. The van der Waals surface area contributed by atoms with Gasteiger partial charge in [-0.1, -0.05) is 13.0 Å². The highest BCUT2D eigenvalue weighted by molar-refractivity contribution is 5.99. The number of nitrogens with zero attached hydrogens (tertiary/aromatic N) is 3. The van der Waals surface area contributed by atoms with Gasteiger partial charge in [-0.25, -0.2) is 0 Å². The minimum atomic E-state index is 0.0477. The first-order valence-electron chi connectivity index (χ1n) is 6.78. The summed E-state index contributed by atoms with van der Waals surface area (Å²) < 4.78 is 1.85. The number of rotatable bonds is 3. The van der Waals surface area contributed by atoms with Gasteiger partial charge in [0.25, 0.3) is 5.91 Å². The molecule has 0 bridgehead atoms. The molecule has 1 aromatic carbocycles. The maximum atomic E-state index is 12.4. The SMILES string of the molecule is CCc1cc(CN2Cc3ccc(N)cc3C2=O)n(C)n1. The molecule has 20 heavy (non-hydrogen) atoms. The first-order chi connectivity index (χ1) is 9.58. The number of carbonyl (C=O) groups excluding carboxylic acids is 1. The monoisotopic (exact) mass is 270 g/mol. The van der Waals surface area contributed by atoms with Crippen molar-refractivity contribution in [3.05, 3.63) is 46.8 Å². The molecule has 0 saturated heterocycles. The molecule has 104 valence electrons. The Bertz CT molecular complexity index is 675. The lowest BCUT2D eigenvalue weighted by molar-refractivity contribution is 0.0763. The molecule has 1 amide bonds. The van der Waals surface area contributed by atoms with E-state index in [1.54, 1.807) is 6.07 Å². The van der Waals surface area contributed by atoms with Crippen LogP contribution in [0.4, 0.5) is 5.69 Å². The van der Waals surface area contributed by atoms with Crippen LogP contribution in [-0.4, -0.2) is 20.6 Å². The summed E-state index contributed by atoms with van der Waals surface area (Å²) in [5.41, 5.74) is 10.3. The van der Waals surface area contributed by atoms with E-state index in [4.69, 9.17) is 5.73 Å². The number of aryl methyl sites for hydroxylation is 2. The molecule has 2 N–H and O–H groups in total. The van der Waals surface area contributed by atoms with E-state index in [9.17, 15) is 4.79 Å². The Labute approximate surface area is 118 Å². The molecule has 1 aliphatic heterocycles. The van der Waals surface area contributed by atoms with Crippen LogP contribution in [0.5, 0.6) is 0 Å². The van der Waals surface area contributed by atoms with Gasteiger partial charge in [0, 0.05) is 24.8 Å². The van der Waals surface area contributed by atoms with Crippen LogP contribution in [0, 0.1) is 0 Å². The van der Waals surface area contributed by atoms with Crippen molar-refractivity contribution >= 4 is 11.6 Å². The Hall–Kier alpha value is -2.30. The van der Waals surface area contributed by atoms with Crippen molar-refractivity contribution in [3.63, 3.8) is 0 Å². The minimum absolute atomic E-state index is 0.0477. The summed E-state index contributed by atoms with van der Waals surface area (Å²) >= 11 is 0. The Kier molecular flexibility index (Phi) is 2.97. The first-order valence-corrected chi connectivity index (χ1v) is 6.78. The van der Waals surface area contributed by atoms with E-state index >= 15 is 0 Å². The number of aromatic nitrogens is 2. The molecule has 0 fully saturated rings. The van der Waals surface area contributed by atoms with Crippen LogP contribution in [0.1, 0.15) is 34.2 Å². The lowest BCUT2D eigenvalue weighted by Gasteiger charge is -2.15. The van der Waals surface area contributed by atoms with E-state index in [1.807, 2.05) is 28.8 Å². The predicted molar refractivity (Wildman–Crippen MR) is 77.0 cm³/mol. The van der Waals surface area contributed by atoms with E-state index < -0.39 is 0 Å². The van der Waals surface area contributed by atoms with Crippen LogP contribution in [0.25, 0.3) is 0 Å². The minimum Gasteiger partial charge on any atom is -0.399 e. The average molecular weight is 270 g/mol. The van der Waals surface area contributed by atoms with Gasteiger partial charge < -0.3 is 10.6 Å². The third-order valence-electron chi connectivity index (χ3n) is 3.76. The van der Waals surface area contributed by atoms with Crippen LogP contribution in [0.3, 0.4) is 0 Å². The summed E-state index contributed by atoms with van der Waals surface area (Å²) in [6.45, 7) is 3.30. The van der Waals surface area contributed by atoms with Crippen LogP contribution in [0.15, 0.2) is 24.3 Å². The topological polar surface area (TPSA) is 64.2 Å². The van der Waals surface area contributed by atoms with Gasteiger partial charge in [0.05, 0.1) is 17.9 Å². The van der Waals surface area contributed by atoms with Crippen molar-refractivity contribution in [2.45, 2.75) is 26.4 Å². The van der Waals surface area contributed by atoms with Crippen LogP contribution in [0.2, 0.25) is 0 Å². The van der Waals surface area contributed by atoms with Crippen molar-refractivity contribution < 1.29 is 4.79 Å². The van der Waals surface area contributed by atoms with Crippen molar-refractivity contribution in [2.75, 3.05) is 5.73 Å². The molecule has 0 aliphatic carbocycles. The van der Waals surface area contributed by atoms with Crippen molar-refractivity contribution in [1.82, 2.24) is 14.7 Å². The molecule has 3 rings (SSSR count). The molecule has 5 heteroatoms. The van der Waals surface area contributed by atoms with Crippen molar-refractivity contribution in [1.29, 1.82) is 0 Å². The Morgan fingerprint density at radius 2 is 2.15 bits per heavy atom. The maximum Gasteiger partial charge on any atom is 0.254 e. The number of nitrogens with two attached hydrogens (primary N) is 1. The second-order valence-electron chi connectivity index (χ2n) is 5.18. The smallest absolute Gasteiger partial charge is 0.254 e. The second kappa shape index (κ2) is 4.67. The van der Waals surface area contributed by atoms with E-state index in [1.165, 1.54) is 0 Å². The Morgan fingerprint density at radius 1 is 1.35 bits per heavy atom. The molecular weight excluding hydrogens is 252 g/mol. The van der Waals surface area contributed by atoms with E-state index in [-0.39, 0.29) is 5.91 Å². The summed E-state index contributed by atoms with van der Waals surface area (Å²) in [5, 5.41) is 4.42. The summed E-state index contributed by atoms with van der Waals surface area (Å²) in [5.74, 6) is 0.0477. The maximum absolute atomic E-state index is 12.4. The fourth-order valence-electron chi connectivity index (χ4n) is 2.59. The summed E-state index contributed by atoms with van der Waals surface area (Å²) in [4.78, 5) is 14.2. The summed E-state index contributed by atoms with van der Waals surface area (Å²) in [7, 11) is 1.92. The highest BCUT2D eigenvalue weighted by Gasteiger charge is 2.28. The normalized spacial score (nSPS) is 13.9. The Morgan fingerprint density at radius 3 is 2.85 bits per heavy atom. The van der Waals surface area contributed by atoms with E-state index in [2.05, 4.69) is 18.1 Å². The zero-order valence-electron chi connectivity index (χ0n) is 11.8. The zero-order chi connectivity index (χ0) is 14.3. The van der Waals surface area contributed by atoms with Crippen LogP contribution < -0.4 is 5.73 Å². The lowest BCUT2D eigenvalue weighted by Crippen LogP contribution is -2.24. The van der Waals surface area contributed by atoms with Crippen molar-refractivity contribution in [2.24, 2.45) is 7.05 Å². The highest BCUT2D eigenvalue weighted by Crippen LogP contribution is 2.26. The fourth-order valence-corrected chi connectivity index (χ4v) is 2.59. The third-order valence-corrected chi connectivity index (χ3v) is 3.76. The summed E-state index contributed by atoms with van der Waals surface area (Å²) in [6.07, 6.45) is 0.901. The van der Waals surface area contributed by atoms with Gasteiger partial charge in [-0.05, 0) is 30.2 Å².